The minimum Gasteiger partial charge on any atom is -0.307 e. The molecule has 5 aliphatic rings. The number of rotatable bonds is 4. The van der Waals surface area contributed by atoms with E-state index in [1.165, 1.54) is 49.0 Å². The van der Waals surface area contributed by atoms with Gasteiger partial charge in [-0.2, -0.15) is 0 Å². The van der Waals surface area contributed by atoms with Crippen molar-refractivity contribution in [2.24, 2.45) is 17.8 Å². The number of allylic oxidation sites excluding steroid dienone is 3. The van der Waals surface area contributed by atoms with E-state index in [4.69, 9.17) is 0 Å². The van der Waals surface area contributed by atoms with Crippen LogP contribution in [0.25, 0.3) is 5.57 Å². The smallest absolute Gasteiger partial charge is 0.0339 e. The second-order valence-electron chi connectivity index (χ2n) is 8.19. The van der Waals surface area contributed by atoms with Gasteiger partial charge in [0.15, 0.2) is 0 Å². The molecule has 6 rings (SSSR count). The van der Waals surface area contributed by atoms with Gasteiger partial charge >= 0.3 is 0 Å². The number of thiophene rings is 1. The van der Waals surface area contributed by atoms with Crippen LogP contribution in [0.2, 0.25) is 0 Å². The molecule has 0 radical (unpaired) electrons. The van der Waals surface area contributed by atoms with Gasteiger partial charge < -0.3 is 5.32 Å². The van der Waals surface area contributed by atoms with Crippen molar-refractivity contribution in [2.75, 3.05) is 6.54 Å². The topological polar surface area (TPSA) is 12.0 Å². The Morgan fingerprint density at radius 3 is 2.45 bits per heavy atom. The van der Waals surface area contributed by atoms with Crippen molar-refractivity contribution in [1.82, 2.24) is 5.32 Å². The Hall–Kier alpha value is -0.860. The van der Waals surface area contributed by atoms with Gasteiger partial charge in [-0.1, -0.05) is 23.8 Å². The average molecular weight is 311 g/mol. The molecule has 0 aliphatic heterocycles. The highest BCUT2D eigenvalue weighted by molar-refractivity contribution is 7.11. The van der Waals surface area contributed by atoms with Gasteiger partial charge in [0.05, 0.1) is 0 Å². The van der Waals surface area contributed by atoms with Crippen molar-refractivity contribution in [1.29, 1.82) is 0 Å². The minimum absolute atomic E-state index is 0.501. The molecular weight excluding hydrogens is 286 g/mol. The van der Waals surface area contributed by atoms with Gasteiger partial charge in [-0.3, -0.25) is 0 Å². The molecule has 2 heteroatoms. The van der Waals surface area contributed by atoms with E-state index in [-0.39, 0.29) is 0 Å². The molecule has 4 fully saturated rings. The second-order valence-corrected chi connectivity index (χ2v) is 9.14. The standard InChI is InChI=1S/C20H25NS/c1-2-19(22-5-1)18-4-3-14(9-18)13-21-20-10-15-6-16(11-20)8-17(7-15)12-20/h1-2,4-5,9,15-17,21H,3,6-8,10-13H2. The van der Waals surface area contributed by atoms with Crippen LogP contribution < -0.4 is 5.32 Å². The first-order chi connectivity index (χ1) is 10.8. The Bertz CT molecular complexity index is 587. The Labute approximate surface area is 137 Å². The van der Waals surface area contributed by atoms with Crippen LogP contribution in [0.4, 0.5) is 0 Å². The van der Waals surface area contributed by atoms with Crippen molar-refractivity contribution in [3.8, 4) is 0 Å². The summed E-state index contributed by atoms with van der Waals surface area (Å²) in [5, 5.41) is 6.21. The van der Waals surface area contributed by atoms with E-state index in [2.05, 4.69) is 35.0 Å². The largest absolute Gasteiger partial charge is 0.307 e. The summed E-state index contributed by atoms with van der Waals surface area (Å²) in [6.07, 6.45) is 15.0. The van der Waals surface area contributed by atoms with Crippen molar-refractivity contribution >= 4 is 16.9 Å². The molecule has 4 bridgehead atoms. The maximum atomic E-state index is 4.04. The third kappa shape index (κ3) is 2.32. The second kappa shape index (κ2) is 5.07. The van der Waals surface area contributed by atoms with Crippen LogP contribution >= 0.6 is 11.3 Å². The van der Waals surface area contributed by atoms with Crippen molar-refractivity contribution in [2.45, 2.75) is 50.5 Å². The van der Waals surface area contributed by atoms with Crippen LogP contribution in [-0.2, 0) is 0 Å². The molecule has 0 saturated heterocycles. The Kier molecular flexibility index (Phi) is 3.13. The maximum absolute atomic E-state index is 4.04. The van der Waals surface area contributed by atoms with E-state index in [1.54, 1.807) is 5.57 Å². The zero-order valence-electron chi connectivity index (χ0n) is 13.2. The van der Waals surface area contributed by atoms with Crippen LogP contribution in [0.1, 0.15) is 49.8 Å². The lowest BCUT2D eigenvalue weighted by Gasteiger charge is -2.57. The van der Waals surface area contributed by atoms with E-state index in [0.29, 0.717) is 5.54 Å². The van der Waals surface area contributed by atoms with Crippen molar-refractivity contribution in [3.05, 3.63) is 40.1 Å². The molecule has 1 N–H and O–H groups in total. The summed E-state index contributed by atoms with van der Waals surface area (Å²) in [5.41, 5.74) is 3.53. The van der Waals surface area contributed by atoms with Gasteiger partial charge in [-0.15, -0.1) is 11.3 Å². The first-order valence-electron chi connectivity index (χ1n) is 8.96. The summed E-state index contributed by atoms with van der Waals surface area (Å²) in [4.78, 5) is 1.42. The molecule has 0 aromatic carbocycles. The maximum Gasteiger partial charge on any atom is 0.0339 e. The fraction of sp³-hybridized carbons (Fsp3) is 0.600. The number of hydrogen-bond acceptors (Lipinski definition) is 2. The van der Waals surface area contributed by atoms with Crippen LogP contribution in [0.5, 0.6) is 0 Å². The lowest BCUT2D eigenvalue weighted by molar-refractivity contribution is -0.0182. The Morgan fingerprint density at radius 2 is 1.82 bits per heavy atom. The molecule has 0 unspecified atom stereocenters. The summed E-state index contributed by atoms with van der Waals surface area (Å²) in [5.74, 6) is 3.11. The Morgan fingerprint density at radius 1 is 1.09 bits per heavy atom. The monoisotopic (exact) mass is 311 g/mol. The third-order valence-corrected chi connectivity index (χ3v) is 7.40. The summed E-state index contributed by atoms with van der Waals surface area (Å²) in [6, 6.07) is 4.39. The van der Waals surface area contributed by atoms with Gasteiger partial charge in [0, 0.05) is 17.0 Å². The highest BCUT2D eigenvalue weighted by atomic mass is 32.1. The third-order valence-electron chi connectivity index (χ3n) is 6.48. The highest BCUT2D eigenvalue weighted by Crippen LogP contribution is 2.55. The number of nitrogens with one attached hydrogen (secondary N) is 1. The molecule has 1 aromatic heterocycles. The minimum atomic E-state index is 0.501. The fourth-order valence-electron chi connectivity index (χ4n) is 5.94. The van der Waals surface area contributed by atoms with Gasteiger partial charge in [0.1, 0.15) is 0 Å². The summed E-state index contributed by atoms with van der Waals surface area (Å²) in [7, 11) is 0. The molecule has 4 saturated carbocycles. The van der Waals surface area contributed by atoms with Gasteiger partial charge in [-0.05, 0) is 79.7 Å². The molecule has 0 amide bonds. The first-order valence-corrected chi connectivity index (χ1v) is 9.84. The van der Waals surface area contributed by atoms with E-state index < -0.39 is 0 Å². The normalized spacial score (nSPS) is 39.2. The molecule has 0 spiro atoms. The van der Waals surface area contributed by atoms with E-state index >= 15 is 0 Å². The fourth-order valence-corrected chi connectivity index (χ4v) is 6.68. The first kappa shape index (κ1) is 13.6. The molecule has 22 heavy (non-hydrogen) atoms. The van der Waals surface area contributed by atoms with Crippen LogP contribution in [0.15, 0.2) is 35.2 Å². The van der Waals surface area contributed by atoms with Crippen LogP contribution in [-0.4, -0.2) is 12.1 Å². The summed E-state index contributed by atoms with van der Waals surface area (Å²) in [6.45, 7) is 1.11. The molecule has 1 nitrogen and oxygen atoms in total. The zero-order chi connectivity index (χ0) is 14.6. The van der Waals surface area contributed by atoms with Crippen LogP contribution in [0.3, 0.4) is 0 Å². The van der Waals surface area contributed by atoms with E-state index in [9.17, 15) is 0 Å². The van der Waals surface area contributed by atoms with Gasteiger partial charge in [-0.25, -0.2) is 0 Å². The zero-order valence-corrected chi connectivity index (χ0v) is 14.0. The van der Waals surface area contributed by atoms with E-state index in [0.717, 1.165) is 30.7 Å². The summed E-state index contributed by atoms with van der Waals surface area (Å²) < 4.78 is 0. The average Bonchev–Trinajstić information content (AvgIpc) is 3.15. The predicted molar refractivity (Wildman–Crippen MR) is 93.9 cm³/mol. The van der Waals surface area contributed by atoms with Crippen LogP contribution in [0, 0.1) is 17.8 Å². The summed E-state index contributed by atoms with van der Waals surface area (Å²) >= 11 is 1.85. The lowest BCUT2D eigenvalue weighted by Crippen LogP contribution is -2.58. The van der Waals surface area contributed by atoms with Crippen molar-refractivity contribution in [3.63, 3.8) is 0 Å². The number of hydrogen-bond donors (Lipinski definition) is 1. The Balaban J connectivity index is 1.26. The SMILES string of the molecule is C1=C(CNC23CC4CC(CC(C4)C2)C3)CC=C1c1cccs1. The quantitative estimate of drug-likeness (QED) is 0.823. The highest BCUT2D eigenvalue weighted by Gasteiger charge is 2.50. The van der Waals surface area contributed by atoms with Crippen molar-refractivity contribution < 1.29 is 0 Å². The predicted octanol–water partition coefficient (Wildman–Crippen LogP) is 5.02. The molecule has 0 atom stereocenters. The molecule has 1 heterocycles. The molecular formula is C20H25NS. The molecule has 5 aliphatic carbocycles. The molecule has 1 aromatic rings. The van der Waals surface area contributed by atoms with E-state index in [1.807, 2.05) is 11.3 Å². The lowest BCUT2D eigenvalue weighted by atomic mass is 9.53. The molecule has 116 valence electrons. The van der Waals surface area contributed by atoms with Gasteiger partial charge in [0.25, 0.3) is 0 Å². The van der Waals surface area contributed by atoms with Gasteiger partial charge in [0.2, 0.25) is 0 Å².